The van der Waals surface area contributed by atoms with Crippen molar-refractivity contribution in [2.75, 3.05) is 31.1 Å². The second-order valence-corrected chi connectivity index (χ2v) is 9.86. The largest absolute Gasteiger partial charge is 0.357 e. The SMILES string of the molecule is Cc1ccccc1CN1CCC(NC(=O)c2nn(C)c3nc(N4CCCCCC4)ccc23)CC1. The first-order valence-electron chi connectivity index (χ1n) is 12.7. The second kappa shape index (κ2) is 10.1. The number of aromatic nitrogens is 3. The molecule has 0 aliphatic carbocycles. The molecule has 2 aliphatic heterocycles. The number of aryl methyl sites for hydroxylation is 2. The average Bonchev–Trinajstić information content (AvgIpc) is 3.01. The Hall–Kier alpha value is -2.93. The summed E-state index contributed by atoms with van der Waals surface area (Å²) in [6.07, 6.45) is 6.92. The third-order valence-electron chi connectivity index (χ3n) is 7.40. The quantitative estimate of drug-likeness (QED) is 0.622. The maximum absolute atomic E-state index is 13.2. The number of piperidine rings is 1. The predicted octanol–water partition coefficient (Wildman–Crippen LogP) is 4.05. The van der Waals surface area contributed by atoms with E-state index < -0.39 is 0 Å². The van der Waals surface area contributed by atoms with Gasteiger partial charge in [-0.15, -0.1) is 0 Å². The molecule has 0 unspecified atom stereocenters. The Balaban J connectivity index is 1.22. The zero-order valence-electron chi connectivity index (χ0n) is 20.5. The van der Waals surface area contributed by atoms with E-state index in [4.69, 9.17) is 4.98 Å². The minimum atomic E-state index is -0.0905. The smallest absolute Gasteiger partial charge is 0.272 e. The number of fused-ring (bicyclic) bond motifs is 1. The van der Waals surface area contributed by atoms with Crippen molar-refractivity contribution in [1.82, 2.24) is 25.0 Å². The molecule has 7 nitrogen and oxygen atoms in total. The fraction of sp³-hybridized carbons (Fsp3) is 0.519. The van der Waals surface area contributed by atoms with Gasteiger partial charge in [0.25, 0.3) is 5.91 Å². The second-order valence-electron chi connectivity index (χ2n) is 9.86. The van der Waals surface area contributed by atoms with Crippen LogP contribution in [0, 0.1) is 6.92 Å². The van der Waals surface area contributed by atoms with Crippen molar-refractivity contribution < 1.29 is 4.79 Å². The van der Waals surface area contributed by atoms with Crippen LogP contribution in [-0.4, -0.2) is 57.8 Å². The molecule has 2 saturated heterocycles. The van der Waals surface area contributed by atoms with Gasteiger partial charge in [0.05, 0.1) is 5.39 Å². The van der Waals surface area contributed by atoms with E-state index >= 15 is 0 Å². The molecule has 34 heavy (non-hydrogen) atoms. The Morgan fingerprint density at radius 2 is 1.74 bits per heavy atom. The van der Waals surface area contributed by atoms with Crippen molar-refractivity contribution in [3.05, 3.63) is 53.2 Å². The number of nitrogens with one attached hydrogen (secondary N) is 1. The number of rotatable bonds is 5. The summed E-state index contributed by atoms with van der Waals surface area (Å²) in [6.45, 7) is 7.22. The first-order chi connectivity index (χ1) is 16.6. The lowest BCUT2D eigenvalue weighted by molar-refractivity contribution is 0.0904. The van der Waals surface area contributed by atoms with Gasteiger partial charge < -0.3 is 10.2 Å². The fourth-order valence-corrected chi connectivity index (χ4v) is 5.28. The molecule has 5 rings (SSSR count). The average molecular weight is 461 g/mol. The van der Waals surface area contributed by atoms with Crippen LogP contribution in [0.2, 0.25) is 0 Å². The lowest BCUT2D eigenvalue weighted by atomic mass is 10.0. The molecule has 1 aromatic carbocycles. The van der Waals surface area contributed by atoms with Crippen molar-refractivity contribution >= 4 is 22.8 Å². The Morgan fingerprint density at radius 1 is 1.00 bits per heavy atom. The number of anilines is 1. The van der Waals surface area contributed by atoms with E-state index in [-0.39, 0.29) is 11.9 Å². The summed E-state index contributed by atoms with van der Waals surface area (Å²) in [4.78, 5) is 22.9. The molecule has 0 atom stereocenters. The Bertz CT molecular complexity index is 1140. The van der Waals surface area contributed by atoms with Gasteiger partial charge in [0, 0.05) is 45.8 Å². The van der Waals surface area contributed by atoms with Crippen LogP contribution in [0.5, 0.6) is 0 Å². The summed E-state index contributed by atoms with van der Waals surface area (Å²) in [5.74, 6) is 0.901. The van der Waals surface area contributed by atoms with Crippen molar-refractivity contribution in [2.45, 2.75) is 58.0 Å². The Labute approximate surface area is 202 Å². The number of pyridine rings is 1. The fourth-order valence-electron chi connectivity index (χ4n) is 5.28. The van der Waals surface area contributed by atoms with Crippen molar-refractivity contribution in [3.63, 3.8) is 0 Å². The van der Waals surface area contributed by atoms with E-state index in [2.05, 4.69) is 57.5 Å². The molecule has 3 aromatic rings. The summed E-state index contributed by atoms with van der Waals surface area (Å²) >= 11 is 0. The highest BCUT2D eigenvalue weighted by Gasteiger charge is 2.24. The summed E-state index contributed by atoms with van der Waals surface area (Å²) in [5, 5.41) is 8.63. The highest BCUT2D eigenvalue weighted by atomic mass is 16.2. The summed E-state index contributed by atoms with van der Waals surface area (Å²) in [7, 11) is 1.88. The maximum atomic E-state index is 13.2. The Morgan fingerprint density at radius 3 is 2.47 bits per heavy atom. The van der Waals surface area contributed by atoms with Gasteiger partial charge in [-0.05, 0) is 55.9 Å². The molecular weight excluding hydrogens is 424 g/mol. The van der Waals surface area contributed by atoms with Crippen LogP contribution in [0.1, 0.15) is 60.1 Å². The van der Waals surface area contributed by atoms with Crippen molar-refractivity contribution in [3.8, 4) is 0 Å². The minimum Gasteiger partial charge on any atom is -0.357 e. The molecule has 4 heterocycles. The lowest BCUT2D eigenvalue weighted by Gasteiger charge is -2.32. The van der Waals surface area contributed by atoms with Crippen LogP contribution >= 0.6 is 0 Å². The van der Waals surface area contributed by atoms with Gasteiger partial charge in [-0.1, -0.05) is 37.1 Å². The number of hydrogen-bond donors (Lipinski definition) is 1. The highest BCUT2D eigenvalue weighted by Crippen LogP contribution is 2.24. The molecule has 0 saturated carbocycles. The molecule has 0 spiro atoms. The van der Waals surface area contributed by atoms with Crippen molar-refractivity contribution in [2.24, 2.45) is 7.05 Å². The van der Waals surface area contributed by atoms with E-state index in [0.29, 0.717) is 5.69 Å². The van der Waals surface area contributed by atoms with Crippen molar-refractivity contribution in [1.29, 1.82) is 0 Å². The first kappa shape index (κ1) is 22.8. The number of likely N-dealkylation sites (tertiary alicyclic amines) is 1. The number of hydrogen-bond acceptors (Lipinski definition) is 5. The van der Waals surface area contributed by atoms with Gasteiger partial charge in [-0.25, -0.2) is 9.67 Å². The zero-order chi connectivity index (χ0) is 23.5. The highest BCUT2D eigenvalue weighted by molar-refractivity contribution is 6.04. The lowest BCUT2D eigenvalue weighted by Crippen LogP contribution is -2.44. The molecule has 7 heteroatoms. The topological polar surface area (TPSA) is 66.3 Å². The number of benzene rings is 1. The molecule has 2 fully saturated rings. The van der Waals surface area contributed by atoms with Crippen LogP contribution < -0.4 is 10.2 Å². The standard InChI is InChI=1S/C27H36N6O/c1-20-9-5-6-10-21(20)19-32-17-13-22(14-18-32)28-27(34)25-23-11-12-24(29-26(23)31(2)30-25)33-15-7-3-4-8-16-33/h5-6,9-12,22H,3-4,7-8,13-19H2,1-2H3,(H,28,34). The van der Waals surface area contributed by atoms with Gasteiger partial charge in [0.2, 0.25) is 0 Å². The minimum absolute atomic E-state index is 0.0905. The number of carbonyl (C=O) groups excluding carboxylic acids is 1. The van der Waals surface area contributed by atoms with Gasteiger partial charge >= 0.3 is 0 Å². The van der Waals surface area contributed by atoms with E-state index in [0.717, 1.165) is 62.4 Å². The van der Waals surface area contributed by atoms with Crippen LogP contribution in [0.15, 0.2) is 36.4 Å². The molecule has 2 aliphatic rings. The number of amides is 1. The van der Waals surface area contributed by atoms with E-state index in [1.807, 2.05) is 13.1 Å². The predicted molar refractivity (Wildman–Crippen MR) is 136 cm³/mol. The Kier molecular flexibility index (Phi) is 6.81. The number of carbonyl (C=O) groups is 1. The van der Waals surface area contributed by atoms with E-state index in [1.165, 1.54) is 36.8 Å². The third kappa shape index (κ3) is 4.94. The van der Waals surface area contributed by atoms with Crippen LogP contribution in [0.4, 0.5) is 5.82 Å². The maximum Gasteiger partial charge on any atom is 0.272 e. The number of nitrogens with zero attached hydrogens (tertiary/aromatic N) is 5. The summed E-state index contributed by atoms with van der Waals surface area (Å²) in [5.41, 5.74) is 3.99. The molecule has 1 N–H and O–H groups in total. The normalized spacial score (nSPS) is 18.2. The first-order valence-corrected chi connectivity index (χ1v) is 12.7. The van der Waals surface area contributed by atoms with Gasteiger partial charge in [0.15, 0.2) is 11.3 Å². The van der Waals surface area contributed by atoms with E-state index in [1.54, 1.807) is 4.68 Å². The third-order valence-corrected chi connectivity index (χ3v) is 7.40. The summed E-state index contributed by atoms with van der Waals surface area (Å²) in [6, 6.07) is 12.8. The summed E-state index contributed by atoms with van der Waals surface area (Å²) < 4.78 is 1.75. The van der Waals surface area contributed by atoms with Crippen LogP contribution in [-0.2, 0) is 13.6 Å². The molecule has 0 radical (unpaired) electrons. The van der Waals surface area contributed by atoms with Gasteiger partial charge in [-0.3, -0.25) is 9.69 Å². The monoisotopic (exact) mass is 460 g/mol. The molecule has 2 aromatic heterocycles. The molecule has 1 amide bonds. The van der Waals surface area contributed by atoms with E-state index in [9.17, 15) is 4.79 Å². The van der Waals surface area contributed by atoms with Crippen LogP contribution in [0.25, 0.3) is 11.0 Å². The zero-order valence-corrected chi connectivity index (χ0v) is 20.5. The van der Waals surface area contributed by atoms with Gasteiger partial charge in [0.1, 0.15) is 5.82 Å². The molecule has 0 bridgehead atoms. The molecule has 180 valence electrons. The van der Waals surface area contributed by atoms with Crippen LogP contribution in [0.3, 0.4) is 0 Å². The van der Waals surface area contributed by atoms with Gasteiger partial charge in [-0.2, -0.15) is 5.10 Å². The molecular formula is C27H36N6O.